The number of rotatable bonds is 5. The van der Waals surface area contributed by atoms with Crippen LogP contribution in [0.5, 0.6) is 0 Å². The average Bonchev–Trinajstić information content (AvgIpc) is 2.97. The molecule has 1 amide bonds. The molecule has 0 spiro atoms. The van der Waals surface area contributed by atoms with E-state index in [1.807, 2.05) is 17.8 Å². The van der Waals surface area contributed by atoms with E-state index in [1.165, 1.54) is 29.7 Å². The molecule has 150 valence electrons. The first-order valence-electron chi connectivity index (χ1n) is 8.78. The minimum atomic E-state index is -3.29. The van der Waals surface area contributed by atoms with Crippen LogP contribution in [0.1, 0.15) is 24.1 Å². The third kappa shape index (κ3) is 5.37. The zero-order valence-electron chi connectivity index (χ0n) is 15.6. The number of anilines is 1. The van der Waals surface area contributed by atoms with Crippen molar-refractivity contribution in [2.24, 2.45) is 5.92 Å². The first-order valence-corrected chi connectivity index (χ1v) is 13.0. The Morgan fingerprint density at radius 1 is 1.25 bits per heavy atom. The average molecular weight is 457 g/mol. The lowest BCUT2D eigenvalue weighted by Gasteiger charge is -2.19. The fourth-order valence-corrected chi connectivity index (χ4v) is 5.62. The van der Waals surface area contributed by atoms with Crippen molar-refractivity contribution in [2.45, 2.75) is 24.7 Å². The molecule has 0 atom stereocenters. The van der Waals surface area contributed by atoms with Gasteiger partial charge in [0.1, 0.15) is 4.34 Å². The Labute approximate surface area is 178 Å². The number of aromatic nitrogens is 1. The van der Waals surface area contributed by atoms with E-state index in [0.29, 0.717) is 32.2 Å². The van der Waals surface area contributed by atoms with Crippen LogP contribution in [-0.2, 0) is 14.6 Å². The molecular weight excluding hydrogens is 436 g/mol. The van der Waals surface area contributed by atoms with Crippen molar-refractivity contribution in [1.82, 2.24) is 4.98 Å². The molecule has 1 saturated heterocycles. The molecule has 1 aliphatic rings. The molecule has 2 aromatic rings. The molecule has 1 N–H and O–H groups in total. The van der Waals surface area contributed by atoms with Crippen molar-refractivity contribution in [3.8, 4) is 0 Å². The first-order chi connectivity index (χ1) is 13.2. The van der Waals surface area contributed by atoms with Crippen molar-refractivity contribution in [3.63, 3.8) is 0 Å². The summed E-state index contributed by atoms with van der Waals surface area (Å²) in [4.78, 5) is 17.5. The van der Waals surface area contributed by atoms with E-state index in [1.54, 1.807) is 19.1 Å². The molecule has 0 radical (unpaired) electrons. The summed E-state index contributed by atoms with van der Waals surface area (Å²) in [6.45, 7) is 1.79. The number of carbonyl (C=O) groups is 1. The summed E-state index contributed by atoms with van der Waals surface area (Å²) in [6, 6.07) is 6.43. The normalized spacial score (nSPS) is 16.2. The van der Waals surface area contributed by atoms with Crippen LogP contribution >= 0.6 is 34.7 Å². The van der Waals surface area contributed by atoms with E-state index >= 15 is 0 Å². The van der Waals surface area contributed by atoms with Gasteiger partial charge in [-0.05, 0) is 54.9 Å². The molecule has 2 heterocycles. The van der Waals surface area contributed by atoms with Crippen molar-refractivity contribution in [2.75, 3.05) is 23.1 Å². The molecule has 1 fully saturated rings. The smallest absolute Gasteiger partial charge is 0.257 e. The maximum atomic E-state index is 13.0. The van der Waals surface area contributed by atoms with Gasteiger partial charge >= 0.3 is 0 Å². The number of sulfone groups is 1. The van der Waals surface area contributed by atoms with E-state index < -0.39 is 9.84 Å². The summed E-state index contributed by atoms with van der Waals surface area (Å²) in [6.07, 6.45) is 5.21. The van der Waals surface area contributed by atoms with Crippen LogP contribution in [0.15, 0.2) is 35.2 Å². The highest BCUT2D eigenvalue weighted by molar-refractivity contribution is 7.99. The molecule has 0 bridgehead atoms. The van der Waals surface area contributed by atoms with Crippen LogP contribution in [0, 0.1) is 12.8 Å². The number of thiazole rings is 1. The van der Waals surface area contributed by atoms with Crippen LogP contribution in [-0.4, -0.2) is 37.1 Å². The summed E-state index contributed by atoms with van der Waals surface area (Å²) in [5.41, 5.74) is 1.89. The predicted octanol–water partition coefficient (Wildman–Crippen LogP) is 4.67. The summed E-state index contributed by atoms with van der Waals surface area (Å²) in [5, 5.41) is 3.28. The molecule has 5 nitrogen and oxygen atoms in total. The molecule has 28 heavy (non-hydrogen) atoms. The van der Waals surface area contributed by atoms with Gasteiger partial charge in [-0.15, -0.1) is 0 Å². The van der Waals surface area contributed by atoms with Crippen LogP contribution in [0.25, 0.3) is 5.57 Å². The third-order valence-corrected chi connectivity index (χ3v) is 8.01. The fraction of sp³-hybridized carbons (Fsp3) is 0.368. The number of halogens is 1. The molecular formula is C19H21ClN2O3S3. The van der Waals surface area contributed by atoms with Gasteiger partial charge in [-0.2, -0.15) is 11.8 Å². The standard InChI is InChI=1S/C19H21ClN2O3S3/c1-12-17(20)27-19(21-12)22-18(23)16(11-13-7-9-26-10-8-13)14-3-5-15(6-4-14)28(2,24)25/h3-6,11,13H,7-10H2,1-2H3,(H,21,22,23)/b16-11+. The van der Waals surface area contributed by atoms with E-state index in [9.17, 15) is 13.2 Å². The van der Waals surface area contributed by atoms with Crippen LogP contribution in [0.2, 0.25) is 4.34 Å². The largest absolute Gasteiger partial charge is 0.298 e. The number of nitrogens with one attached hydrogen (secondary N) is 1. The zero-order valence-corrected chi connectivity index (χ0v) is 18.8. The Balaban J connectivity index is 1.92. The van der Waals surface area contributed by atoms with Crippen molar-refractivity contribution < 1.29 is 13.2 Å². The Bertz CT molecular complexity index is 972. The Hall–Kier alpha value is -1.35. The predicted molar refractivity (Wildman–Crippen MR) is 118 cm³/mol. The maximum absolute atomic E-state index is 13.0. The molecule has 1 aromatic heterocycles. The van der Waals surface area contributed by atoms with Gasteiger partial charge in [0.05, 0.1) is 10.6 Å². The number of benzene rings is 1. The molecule has 1 aromatic carbocycles. The van der Waals surface area contributed by atoms with Gasteiger partial charge in [0.25, 0.3) is 5.91 Å². The van der Waals surface area contributed by atoms with Gasteiger partial charge in [0.2, 0.25) is 0 Å². The quantitative estimate of drug-likeness (QED) is 0.661. The number of allylic oxidation sites excluding steroid dienone is 1. The zero-order chi connectivity index (χ0) is 20.3. The lowest BCUT2D eigenvalue weighted by atomic mass is 9.95. The third-order valence-electron chi connectivity index (χ3n) is 4.47. The van der Waals surface area contributed by atoms with Crippen molar-refractivity contribution in [1.29, 1.82) is 0 Å². The van der Waals surface area contributed by atoms with Crippen LogP contribution in [0.4, 0.5) is 5.13 Å². The van der Waals surface area contributed by atoms with Crippen LogP contribution < -0.4 is 5.32 Å². The van der Waals surface area contributed by atoms with Gasteiger partial charge in [-0.25, -0.2) is 13.4 Å². The number of aryl methyl sites for hydroxylation is 1. The molecule has 0 saturated carbocycles. The van der Waals surface area contributed by atoms with Gasteiger partial charge in [0.15, 0.2) is 15.0 Å². The van der Waals surface area contributed by atoms with Gasteiger partial charge in [-0.3, -0.25) is 10.1 Å². The summed E-state index contributed by atoms with van der Waals surface area (Å²) < 4.78 is 24.0. The van der Waals surface area contributed by atoms with Crippen molar-refractivity contribution >= 4 is 61.1 Å². The maximum Gasteiger partial charge on any atom is 0.257 e. The lowest BCUT2D eigenvalue weighted by Crippen LogP contribution is -2.16. The number of thioether (sulfide) groups is 1. The highest BCUT2D eigenvalue weighted by Gasteiger charge is 2.20. The van der Waals surface area contributed by atoms with E-state index in [0.717, 1.165) is 24.3 Å². The Morgan fingerprint density at radius 3 is 2.43 bits per heavy atom. The highest BCUT2D eigenvalue weighted by atomic mass is 35.5. The van der Waals surface area contributed by atoms with Gasteiger partial charge in [0, 0.05) is 11.8 Å². The van der Waals surface area contributed by atoms with Gasteiger partial charge in [-0.1, -0.05) is 41.1 Å². The van der Waals surface area contributed by atoms with Crippen molar-refractivity contribution in [3.05, 3.63) is 45.9 Å². The second-order valence-electron chi connectivity index (χ2n) is 6.66. The van der Waals surface area contributed by atoms with E-state index in [2.05, 4.69) is 10.3 Å². The monoisotopic (exact) mass is 456 g/mol. The Morgan fingerprint density at radius 2 is 1.89 bits per heavy atom. The van der Waals surface area contributed by atoms with Crippen LogP contribution in [0.3, 0.4) is 0 Å². The minimum absolute atomic E-state index is 0.229. The first kappa shape index (κ1) is 21.4. The number of carbonyl (C=O) groups excluding carboxylic acids is 1. The molecule has 0 aliphatic carbocycles. The summed E-state index contributed by atoms with van der Waals surface area (Å²) in [5.74, 6) is 2.20. The Kier molecular flexibility index (Phi) is 6.85. The number of amides is 1. The lowest BCUT2D eigenvalue weighted by molar-refractivity contribution is -0.111. The number of hydrogen-bond acceptors (Lipinski definition) is 6. The van der Waals surface area contributed by atoms with Gasteiger partial charge < -0.3 is 0 Å². The van der Waals surface area contributed by atoms with E-state index in [4.69, 9.17) is 11.6 Å². The van der Waals surface area contributed by atoms with E-state index in [-0.39, 0.29) is 10.8 Å². The minimum Gasteiger partial charge on any atom is -0.298 e. The molecule has 3 rings (SSSR count). The number of hydrogen-bond donors (Lipinski definition) is 1. The molecule has 0 unspecified atom stereocenters. The SMILES string of the molecule is Cc1nc(NC(=O)/C(=C/C2CCSCC2)c2ccc(S(C)(=O)=O)cc2)sc1Cl. The second-order valence-corrected chi connectivity index (χ2v) is 11.5. The molecule has 9 heteroatoms. The fourth-order valence-electron chi connectivity index (χ4n) is 2.90. The summed E-state index contributed by atoms with van der Waals surface area (Å²) >= 11 is 9.20. The highest BCUT2D eigenvalue weighted by Crippen LogP contribution is 2.30. The number of nitrogens with zero attached hydrogens (tertiary/aromatic N) is 1. The second kappa shape index (κ2) is 8.98. The topological polar surface area (TPSA) is 76.1 Å². The summed E-state index contributed by atoms with van der Waals surface area (Å²) in [7, 11) is -3.29. The molecule has 1 aliphatic heterocycles.